The number of ether oxygens (including phenoxy) is 1. The zero-order valence-electron chi connectivity index (χ0n) is 17.2. The van der Waals surface area contributed by atoms with Gasteiger partial charge in [0.2, 0.25) is 0 Å². The molecule has 0 spiro atoms. The molecule has 0 aliphatic carbocycles. The maximum absolute atomic E-state index is 12.9. The van der Waals surface area contributed by atoms with E-state index in [-0.39, 0.29) is 22.4 Å². The number of rotatable bonds is 5. The van der Waals surface area contributed by atoms with Crippen LogP contribution in [0.4, 0.5) is 10.7 Å². The van der Waals surface area contributed by atoms with Crippen molar-refractivity contribution in [2.24, 2.45) is 0 Å². The molecule has 0 saturated heterocycles. The number of hydrogen-bond acceptors (Lipinski definition) is 5. The highest BCUT2D eigenvalue weighted by Gasteiger charge is 2.26. The van der Waals surface area contributed by atoms with Crippen molar-refractivity contribution in [3.63, 3.8) is 0 Å². The van der Waals surface area contributed by atoms with Gasteiger partial charge in [0.05, 0.1) is 17.6 Å². The third kappa shape index (κ3) is 4.58. The van der Waals surface area contributed by atoms with Crippen molar-refractivity contribution in [1.29, 1.82) is 0 Å². The Morgan fingerprint density at radius 3 is 2.10 bits per heavy atom. The number of nitrogens with one attached hydrogen (secondary N) is 2. The van der Waals surface area contributed by atoms with Crippen LogP contribution in [-0.2, 0) is 4.74 Å². The number of anilines is 2. The highest BCUT2D eigenvalue weighted by Crippen LogP contribution is 2.34. The maximum Gasteiger partial charge on any atom is 0.341 e. The molecule has 0 atom stereocenters. The van der Waals surface area contributed by atoms with Crippen LogP contribution in [0.5, 0.6) is 0 Å². The van der Waals surface area contributed by atoms with E-state index in [4.69, 9.17) is 4.74 Å². The van der Waals surface area contributed by atoms with Gasteiger partial charge in [-0.05, 0) is 61.7 Å². The van der Waals surface area contributed by atoms with Gasteiger partial charge >= 0.3 is 5.97 Å². The minimum absolute atomic E-state index is 0.178. The SMILES string of the molecule is COC(=O)c1c(NC(=O)c2ccccc2)sc(C(=O)Nc2cc(C)cc(C)c2)c1C. The molecule has 30 heavy (non-hydrogen) atoms. The highest BCUT2D eigenvalue weighted by atomic mass is 32.1. The summed E-state index contributed by atoms with van der Waals surface area (Å²) in [6.07, 6.45) is 0. The van der Waals surface area contributed by atoms with Crippen molar-refractivity contribution in [2.45, 2.75) is 20.8 Å². The van der Waals surface area contributed by atoms with Crippen molar-refractivity contribution in [1.82, 2.24) is 0 Å². The van der Waals surface area contributed by atoms with Gasteiger partial charge in [0.15, 0.2) is 0 Å². The Balaban J connectivity index is 1.94. The topological polar surface area (TPSA) is 84.5 Å². The monoisotopic (exact) mass is 422 g/mol. The van der Waals surface area contributed by atoms with E-state index in [2.05, 4.69) is 10.6 Å². The fourth-order valence-corrected chi connectivity index (χ4v) is 4.25. The number of aryl methyl sites for hydroxylation is 2. The Hall–Kier alpha value is -3.45. The van der Waals surface area contributed by atoms with Crippen molar-refractivity contribution in [3.8, 4) is 0 Å². The number of methoxy groups -OCH3 is 1. The second-order valence-electron chi connectivity index (χ2n) is 6.90. The van der Waals surface area contributed by atoms with Crippen LogP contribution < -0.4 is 10.6 Å². The van der Waals surface area contributed by atoms with Crippen LogP contribution in [0.2, 0.25) is 0 Å². The van der Waals surface area contributed by atoms with Gasteiger partial charge in [0.1, 0.15) is 5.00 Å². The Morgan fingerprint density at radius 2 is 1.50 bits per heavy atom. The predicted octanol–water partition coefficient (Wildman–Crippen LogP) is 4.96. The van der Waals surface area contributed by atoms with Crippen LogP contribution in [-0.4, -0.2) is 24.9 Å². The summed E-state index contributed by atoms with van der Waals surface area (Å²) in [5.41, 5.74) is 3.80. The molecule has 0 saturated carbocycles. The molecular weight excluding hydrogens is 400 g/mol. The minimum Gasteiger partial charge on any atom is -0.465 e. The summed E-state index contributed by atoms with van der Waals surface area (Å²) in [6.45, 7) is 5.56. The molecule has 0 aliphatic rings. The number of carbonyl (C=O) groups is 3. The lowest BCUT2D eigenvalue weighted by Gasteiger charge is -2.07. The van der Waals surface area contributed by atoms with Gasteiger partial charge in [-0.15, -0.1) is 11.3 Å². The molecule has 0 fully saturated rings. The molecule has 2 amide bonds. The van der Waals surface area contributed by atoms with Gasteiger partial charge in [-0.25, -0.2) is 4.79 Å². The Morgan fingerprint density at radius 1 is 0.867 bits per heavy atom. The van der Waals surface area contributed by atoms with Crippen molar-refractivity contribution < 1.29 is 19.1 Å². The number of esters is 1. The first-order valence-corrected chi connectivity index (χ1v) is 10.1. The van der Waals surface area contributed by atoms with Crippen LogP contribution in [0.15, 0.2) is 48.5 Å². The third-order valence-electron chi connectivity index (χ3n) is 4.49. The molecule has 2 aromatic carbocycles. The molecule has 1 heterocycles. The normalized spacial score (nSPS) is 10.4. The fourth-order valence-electron chi connectivity index (χ4n) is 3.17. The average molecular weight is 423 g/mol. The predicted molar refractivity (Wildman–Crippen MR) is 119 cm³/mol. The average Bonchev–Trinajstić information content (AvgIpc) is 3.03. The molecule has 0 aliphatic heterocycles. The molecule has 2 N–H and O–H groups in total. The number of carbonyl (C=O) groups excluding carboxylic acids is 3. The van der Waals surface area contributed by atoms with Gasteiger partial charge < -0.3 is 15.4 Å². The molecule has 0 unspecified atom stereocenters. The van der Waals surface area contributed by atoms with Crippen molar-refractivity contribution in [3.05, 3.63) is 81.2 Å². The lowest BCUT2D eigenvalue weighted by molar-refractivity contribution is 0.0601. The van der Waals surface area contributed by atoms with E-state index in [1.165, 1.54) is 7.11 Å². The maximum atomic E-state index is 12.9. The molecule has 0 bridgehead atoms. The summed E-state index contributed by atoms with van der Waals surface area (Å²) in [6, 6.07) is 14.4. The molecule has 0 radical (unpaired) electrons. The first kappa shape index (κ1) is 21.3. The zero-order chi connectivity index (χ0) is 21.8. The second-order valence-corrected chi connectivity index (χ2v) is 7.92. The van der Waals surface area contributed by atoms with E-state index in [0.29, 0.717) is 21.7 Å². The second kappa shape index (κ2) is 8.92. The van der Waals surface area contributed by atoms with Gasteiger partial charge in [0.25, 0.3) is 11.8 Å². The van der Waals surface area contributed by atoms with Gasteiger partial charge in [-0.3, -0.25) is 9.59 Å². The highest BCUT2D eigenvalue weighted by molar-refractivity contribution is 7.19. The van der Waals surface area contributed by atoms with Crippen LogP contribution in [0.1, 0.15) is 47.1 Å². The van der Waals surface area contributed by atoms with Gasteiger partial charge in [-0.1, -0.05) is 24.3 Å². The molecule has 3 rings (SSSR count). The van der Waals surface area contributed by atoms with E-state index in [0.717, 1.165) is 22.5 Å². The summed E-state index contributed by atoms with van der Waals surface area (Å²) in [5.74, 6) is -1.34. The van der Waals surface area contributed by atoms with Crippen molar-refractivity contribution >= 4 is 39.8 Å². The lowest BCUT2D eigenvalue weighted by atomic mass is 10.1. The number of benzene rings is 2. The van der Waals surface area contributed by atoms with Crippen LogP contribution in [0, 0.1) is 20.8 Å². The van der Waals surface area contributed by atoms with Crippen LogP contribution >= 0.6 is 11.3 Å². The van der Waals surface area contributed by atoms with E-state index in [9.17, 15) is 14.4 Å². The molecule has 7 heteroatoms. The summed E-state index contributed by atoms with van der Waals surface area (Å²) < 4.78 is 4.87. The quantitative estimate of drug-likeness (QED) is 0.569. The number of thiophene rings is 1. The zero-order valence-corrected chi connectivity index (χ0v) is 18.0. The van der Waals surface area contributed by atoms with Gasteiger partial charge in [-0.2, -0.15) is 0 Å². The summed E-state index contributed by atoms with van der Waals surface area (Å²) >= 11 is 1.04. The van der Waals surface area contributed by atoms with E-state index in [1.807, 2.05) is 32.0 Å². The van der Waals surface area contributed by atoms with E-state index >= 15 is 0 Å². The molecule has 1 aromatic heterocycles. The van der Waals surface area contributed by atoms with Crippen LogP contribution in [0.3, 0.4) is 0 Å². The molecule has 6 nitrogen and oxygen atoms in total. The minimum atomic E-state index is -0.613. The van der Waals surface area contributed by atoms with E-state index in [1.54, 1.807) is 37.3 Å². The largest absolute Gasteiger partial charge is 0.465 e. The summed E-state index contributed by atoms with van der Waals surface area (Å²) in [5, 5.41) is 5.89. The number of hydrogen-bond donors (Lipinski definition) is 2. The molecular formula is C23H22N2O4S. The standard InChI is InChI=1S/C23H22N2O4S/c1-13-10-14(2)12-17(11-13)24-21(27)19-15(3)18(23(28)29-4)22(30-19)25-20(26)16-8-6-5-7-9-16/h5-12H,1-4H3,(H,24,27)(H,25,26). The Labute approximate surface area is 178 Å². The molecule has 154 valence electrons. The number of amides is 2. The van der Waals surface area contributed by atoms with Gasteiger partial charge in [0, 0.05) is 11.3 Å². The third-order valence-corrected chi connectivity index (χ3v) is 5.69. The van der Waals surface area contributed by atoms with Crippen molar-refractivity contribution in [2.75, 3.05) is 17.7 Å². The van der Waals surface area contributed by atoms with E-state index < -0.39 is 5.97 Å². The summed E-state index contributed by atoms with van der Waals surface area (Å²) in [7, 11) is 1.26. The Kier molecular flexibility index (Phi) is 6.32. The fraction of sp³-hybridized carbons (Fsp3) is 0.174. The first-order chi connectivity index (χ1) is 14.3. The summed E-state index contributed by atoms with van der Waals surface area (Å²) in [4.78, 5) is 38.2. The first-order valence-electron chi connectivity index (χ1n) is 9.28. The van der Waals surface area contributed by atoms with Crippen LogP contribution in [0.25, 0.3) is 0 Å². The lowest BCUT2D eigenvalue weighted by Crippen LogP contribution is -2.14. The Bertz CT molecular complexity index is 1100. The molecule has 3 aromatic rings. The smallest absolute Gasteiger partial charge is 0.341 e.